The predicted octanol–water partition coefficient (Wildman–Crippen LogP) is 3.82. The number of anilines is 1. The van der Waals surface area contributed by atoms with Gasteiger partial charge in [-0.15, -0.1) is 11.3 Å². The summed E-state index contributed by atoms with van der Waals surface area (Å²) in [6.45, 7) is 5.92. The number of piperazine rings is 1. The van der Waals surface area contributed by atoms with Gasteiger partial charge in [-0.25, -0.2) is 4.98 Å². The Morgan fingerprint density at radius 2 is 1.73 bits per heavy atom. The molecule has 0 aliphatic carbocycles. The van der Waals surface area contributed by atoms with Gasteiger partial charge in [0.1, 0.15) is 0 Å². The molecular formula is C24H28N4OS. The maximum Gasteiger partial charge on any atom is 0.236 e. The first-order valence-corrected chi connectivity index (χ1v) is 11.7. The Balaban J connectivity index is 1.16. The number of carbonyl (C=O) groups excluding carboxylic acids is 1. The molecule has 0 saturated carbocycles. The van der Waals surface area contributed by atoms with E-state index in [0.29, 0.717) is 12.5 Å². The number of hydrogen-bond acceptors (Lipinski definition) is 5. The fraction of sp³-hybridized carbons (Fsp3) is 0.417. The highest BCUT2D eigenvalue weighted by Gasteiger charge is 2.28. The number of carbonyl (C=O) groups is 1. The molecule has 0 spiro atoms. The molecule has 2 aromatic carbocycles. The van der Waals surface area contributed by atoms with Gasteiger partial charge in [0.2, 0.25) is 5.91 Å². The molecule has 0 N–H and O–H groups in total. The number of aromatic nitrogens is 1. The molecule has 5 rings (SSSR count). The summed E-state index contributed by atoms with van der Waals surface area (Å²) in [5.41, 5.74) is 2.35. The Kier molecular flexibility index (Phi) is 5.69. The van der Waals surface area contributed by atoms with Gasteiger partial charge in [-0.1, -0.05) is 30.3 Å². The summed E-state index contributed by atoms with van der Waals surface area (Å²) >= 11 is 1.81. The van der Waals surface area contributed by atoms with Crippen molar-refractivity contribution in [3.8, 4) is 0 Å². The lowest BCUT2D eigenvalue weighted by Gasteiger charge is -2.38. The van der Waals surface area contributed by atoms with Crippen LogP contribution < -0.4 is 4.90 Å². The first-order valence-electron chi connectivity index (χ1n) is 10.9. The first kappa shape index (κ1) is 19.5. The van der Waals surface area contributed by atoms with Crippen LogP contribution in [0.3, 0.4) is 0 Å². The Labute approximate surface area is 181 Å². The summed E-state index contributed by atoms with van der Waals surface area (Å²) in [5.74, 6) is 0.714. The molecule has 1 unspecified atom stereocenters. The van der Waals surface area contributed by atoms with E-state index in [1.54, 1.807) is 0 Å². The number of nitrogens with zero attached hydrogens (tertiary/aromatic N) is 4. The topological polar surface area (TPSA) is 39.7 Å². The van der Waals surface area contributed by atoms with Crippen LogP contribution in [0.5, 0.6) is 0 Å². The zero-order chi connectivity index (χ0) is 20.3. The van der Waals surface area contributed by atoms with E-state index in [9.17, 15) is 4.79 Å². The molecule has 30 heavy (non-hydrogen) atoms. The lowest BCUT2D eigenvalue weighted by atomic mass is 9.98. The van der Waals surface area contributed by atoms with Crippen molar-refractivity contribution in [1.29, 1.82) is 0 Å². The summed E-state index contributed by atoms with van der Waals surface area (Å²) in [6.07, 6.45) is 2.30. The minimum atomic E-state index is 0.271. The number of rotatable bonds is 4. The van der Waals surface area contributed by atoms with Crippen LogP contribution in [0.1, 0.15) is 23.8 Å². The second-order valence-electron chi connectivity index (χ2n) is 8.30. The number of likely N-dealkylation sites (tertiary alicyclic amines) is 1. The van der Waals surface area contributed by atoms with Gasteiger partial charge in [0.15, 0.2) is 0 Å². The van der Waals surface area contributed by atoms with E-state index in [2.05, 4.69) is 58.3 Å². The molecule has 2 fully saturated rings. The van der Waals surface area contributed by atoms with E-state index in [0.717, 1.165) is 51.2 Å². The van der Waals surface area contributed by atoms with Crippen molar-refractivity contribution in [2.24, 2.45) is 0 Å². The molecule has 3 aromatic rings. The van der Waals surface area contributed by atoms with Gasteiger partial charge >= 0.3 is 0 Å². The SMILES string of the molecule is O=C(CN1CCCC(c2nc3ccccc3s2)C1)N1CCN(c2ccccc2)CC1. The number of para-hydroxylation sites is 2. The van der Waals surface area contributed by atoms with E-state index in [1.807, 2.05) is 22.3 Å². The standard InChI is InChI=1S/C24H28N4OS/c29-23(28-15-13-27(14-16-28)20-8-2-1-3-9-20)18-26-12-6-7-19(17-26)24-25-21-10-4-5-11-22(21)30-24/h1-5,8-11,19H,6-7,12-18H2. The van der Waals surface area contributed by atoms with Crippen molar-refractivity contribution in [1.82, 2.24) is 14.8 Å². The Bertz CT molecular complexity index is 964. The highest BCUT2D eigenvalue weighted by atomic mass is 32.1. The van der Waals surface area contributed by atoms with Gasteiger partial charge in [-0.2, -0.15) is 0 Å². The van der Waals surface area contributed by atoms with Crippen LogP contribution in [0.15, 0.2) is 54.6 Å². The summed E-state index contributed by atoms with van der Waals surface area (Å²) < 4.78 is 1.26. The average molecular weight is 421 g/mol. The molecule has 2 saturated heterocycles. The van der Waals surface area contributed by atoms with E-state index < -0.39 is 0 Å². The Hall–Kier alpha value is -2.44. The van der Waals surface area contributed by atoms with Crippen molar-refractivity contribution < 1.29 is 4.79 Å². The molecule has 2 aliphatic rings. The second kappa shape index (κ2) is 8.74. The highest BCUT2D eigenvalue weighted by Crippen LogP contribution is 2.32. The highest BCUT2D eigenvalue weighted by molar-refractivity contribution is 7.18. The molecule has 156 valence electrons. The van der Waals surface area contributed by atoms with Crippen LogP contribution in [0, 0.1) is 0 Å². The Morgan fingerprint density at radius 3 is 2.53 bits per heavy atom. The zero-order valence-electron chi connectivity index (χ0n) is 17.2. The zero-order valence-corrected chi connectivity index (χ0v) is 18.1. The Morgan fingerprint density at radius 1 is 0.967 bits per heavy atom. The largest absolute Gasteiger partial charge is 0.368 e. The fourth-order valence-corrected chi connectivity index (χ4v) is 5.70. The summed E-state index contributed by atoms with van der Waals surface area (Å²) in [4.78, 5) is 24.6. The van der Waals surface area contributed by atoms with Gasteiger partial charge in [0.25, 0.3) is 0 Å². The van der Waals surface area contributed by atoms with E-state index in [4.69, 9.17) is 4.98 Å². The number of benzene rings is 2. The first-order chi connectivity index (χ1) is 14.8. The van der Waals surface area contributed by atoms with Crippen LogP contribution in [0.25, 0.3) is 10.2 Å². The van der Waals surface area contributed by atoms with Gasteiger partial charge < -0.3 is 9.80 Å². The van der Waals surface area contributed by atoms with Crippen molar-refractivity contribution in [2.75, 3.05) is 50.7 Å². The van der Waals surface area contributed by atoms with Crippen LogP contribution in [-0.2, 0) is 4.79 Å². The van der Waals surface area contributed by atoms with E-state index in [-0.39, 0.29) is 5.91 Å². The number of thiazole rings is 1. The quantitative estimate of drug-likeness (QED) is 0.643. The lowest BCUT2D eigenvalue weighted by molar-refractivity contribution is -0.133. The van der Waals surface area contributed by atoms with Gasteiger partial charge in [-0.3, -0.25) is 9.69 Å². The monoisotopic (exact) mass is 420 g/mol. The number of hydrogen-bond donors (Lipinski definition) is 0. The lowest BCUT2D eigenvalue weighted by Crippen LogP contribution is -2.52. The van der Waals surface area contributed by atoms with Crippen molar-refractivity contribution in [3.05, 3.63) is 59.6 Å². The third kappa shape index (κ3) is 4.20. The molecule has 1 aromatic heterocycles. The van der Waals surface area contributed by atoms with Crippen LogP contribution in [0.2, 0.25) is 0 Å². The van der Waals surface area contributed by atoms with Crippen molar-refractivity contribution >= 4 is 33.1 Å². The third-order valence-electron chi connectivity index (χ3n) is 6.28. The smallest absolute Gasteiger partial charge is 0.236 e. The molecule has 2 aliphatic heterocycles. The molecule has 5 nitrogen and oxygen atoms in total. The van der Waals surface area contributed by atoms with Gasteiger partial charge in [0, 0.05) is 44.3 Å². The number of fused-ring (bicyclic) bond motifs is 1. The molecule has 3 heterocycles. The van der Waals surface area contributed by atoms with Gasteiger partial charge in [0.05, 0.1) is 21.8 Å². The van der Waals surface area contributed by atoms with Crippen LogP contribution in [-0.4, -0.2) is 66.5 Å². The maximum atomic E-state index is 12.9. The van der Waals surface area contributed by atoms with Crippen molar-refractivity contribution in [3.63, 3.8) is 0 Å². The maximum absolute atomic E-state index is 12.9. The minimum absolute atomic E-state index is 0.271. The van der Waals surface area contributed by atoms with E-state index >= 15 is 0 Å². The molecule has 1 amide bonds. The fourth-order valence-electron chi connectivity index (χ4n) is 4.61. The molecule has 1 atom stereocenters. The molecule has 0 bridgehead atoms. The normalized spacial score (nSPS) is 20.6. The van der Waals surface area contributed by atoms with E-state index in [1.165, 1.54) is 21.8 Å². The number of amides is 1. The second-order valence-corrected chi connectivity index (χ2v) is 9.36. The van der Waals surface area contributed by atoms with Crippen LogP contribution in [0.4, 0.5) is 5.69 Å². The van der Waals surface area contributed by atoms with Crippen LogP contribution >= 0.6 is 11.3 Å². The third-order valence-corrected chi connectivity index (χ3v) is 7.48. The number of piperidine rings is 1. The van der Waals surface area contributed by atoms with Crippen molar-refractivity contribution in [2.45, 2.75) is 18.8 Å². The minimum Gasteiger partial charge on any atom is -0.368 e. The molecule has 6 heteroatoms. The predicted molar refractivity (Wildman–Crippen MR) is 123 cm³/mol. The van der Waals surface area contributed by atoms with Gasteiger partial charge in [-0.05, 0) is 43.7 Å². The molecular weight excluding hydrogens is 392 g/mol. The molecule has 0 radical (unpaired) electrons. The summed E-state index contributed by atoms with van der Waals surface area (Å²) in [6, 6.07) is 18.9. The summed E-state index contributed by atoms with van der Waals surface area (Å²) in [5, 5.41) is 1.23. The average Bonchev–Trinajstić information content (AvgIpc) is 3.24. The summed E-state index contributed by atoms with van der Waals surface area (Å²) in [7, 11) is 0.